The number of benzene rings is 1. The Morgan fingerprint density at radius 1 is 0.939 bits per heavy atom. The molecule has 0 bridgehead atoms. The SMILES string of the molecule is O=C(NCc1ccc(-c2c[nH]c(OC(=O)C(F)(F)F)n2)cc1)c1ccc(C(=O)C(F)(F)F)s1. The van der Waals surface area contributed by atoms with Crippen LogP contribution in [-0.2, 0) is 11.3 Å². The van der Waals surface area contributed by atoms with Gasteiger partial charge < -0.3 is 15.0 Å². The first-order chi connectivity index (χ1) is 15.3. The molecule has 14 heteroatoms. The number of aromatic amines is 1. The van der Waals surface area contributed by atoms with E-state index in [0.29, 0.717) is 22.5 Å². The number of alkyl halides is 6. The quantitative estimate of drug-likeness (QED) is 0.305. The lowest BCUT2D eigenvalue weighted by Crippen LogP contribution is -2.28. The van der Waals surface area contributed by atoms with Gasteiger partial charge in [-0.1, -0.05) is 24.3 Å². The summed E-state index contributed by atoms with van der Waals surface area (Å²) >= 11 is 0.419. The minimum atomic E-state index is -5.17. The monoisotopic (exact) mass is 491 g/mol. The van der Waals surface area contributed by atoms with Gasteiger partial charge in [-0.2, -0.15) is 31.3 Å². The van der Waals surface area contributed by atoms with Crippen LogP contribution in [-0.4, -0.2) is 40.0 Å². The van der Waals surface area contributed by atoms with Gasteiger partial charge in [0.25, 0.3) is 11.7 Å². The number of imidazole rings is 1. The molecule has 0 aliphatic rings. The zero-order valence-electron chi connectivity index (χ0n) is 16.0. The Balaban J connectivity index is 1.58. The van der Waals surface area contributed by atoms with Crippen LogP contribution in [0.3, 0.4) is 0 Å². The molecule has 0 atom stereocenters. The normalized spacial score (nSPS) is 11.8. The molecule has 1 aromatic carbocycles. The number of esters is 1. The number of halogens is 6. The van der Waals surface area contributed by atoms with Crippen LogP contribution >= 0.6 is 11.3 Å². The Morgan fingerprint density at radius 3 is 2.18 bits per heavy atom. The van der Waals surface area contributed by atoms with Crippen molar-refractivity contribution >= 4 is 29.0 Å². The van der Waals surface area contributed by atoms with Gasteiger partial charge in [0.05, 0.1) is 15.4 Å². The number of carbonyl (C=O) groups is 3. The first-order valence-corrected chi connectivity index (χ1v) is 9.59. The van der Waals surface area contributed by atoms with E-state index in [4.69, 9.17) is 0 Å². The standard InChI is InChI=1S/C19H11F6N3O4S/c20-18(21,22)14(29)12-5-6-13(33-12)15(30)26-7-9-1-3-10(4-2-9)11-8-27-17(28-11)32-16(31)19(23,24)25/h1-6,8H,7H2,(H,26,30)(H,27,28). The molecule has 7 nitrogen and oxygen atoms in total. The van der Waals surface area contributed by atoms with Crippen LogP contribution in [0.25, 0.3) is 11.3 Å². The fraction of sp³-hybridized carbons (Fsp3) is 0.158. The van der Waals surface area contributed by atoms with E-state index in [1.807, 2.05) is 0 Å². The molecule has 2 N–H and O–H groups in total. The summed E-state index contributed by atoms with van der Waals surface area (Å²) in [6, 6.07) is 7.62. The zero-order valence-corrected chi connectivity index (χ0v) is 16.8. The largest absolute Gasteiger partial charge is 0.491 e. The van der Waals surface area contributed by atoms with Gasteiger partial charge in [0.15, 0.2) is 0 Å². The van der Waals surface area contributed by atoms with E-state index in [0.717, 1.165) is 12.1 Å². The van der Waals surface area contributed by atoms with Gasteiger partial charge in [-0.3, -0.25) is 9.59 Å². The van der Waals surface area contributed by atoms with Crippen molar-refractivity contribution in [1.82, 2.24) is 15.3 Å². The predicted molar refractivity (Wildman–Crippen MR) is 102 cm³/mol. The Morgan fingerprint density at radius 2 is 1.58 bits per heavy atom. The molecule has 0 radical (unpaired) electrons. The van der Waals surface area contributed by atoms with Gasteiger partial charge >= 0.3 is 24.3 Å². The van der Waals surface area contributed by atoms with E-state index in [1.165, 1.54) is 18.3 Å². The number of rotatable bonds is 6. The lowest BCUT2D eigenvalue weighted by Gasteiger charge is -2.05. The minimum Gasteiger partial charge on any atom is -0.385 e. The molecule has 3 rings (SSSR count). The zero-order chi connectivity index (χ0) is 24.4. The van der Waals surface area contributed by atoms with Crippen LogP contribution in [0, 0.1) is 0 Å². The topological polar surface area (TPSA) is 101 Å². The minimum absolute atomic E-state index is 0.00851. The second-order valence-corrected chi connectivity index (χ2v) is 7.43. The van der Waals surface area contributed by atoms with Crippen molar-refractivity contribution in [3.63, 3.8) is 0 Å². The number of ketones is 1. The number of Topliss-reactive ketones (excluding diaryl/α,β-unsaturated/α-hetero) is 1. The van der Waals surface area contributed by atoms with E-state index in [9.17, 15) is 40.7 Å². The molecule has 174 valence electrons. The van der Waals surface area contributed by atoms with Crippen molar-refractivity contribution in [3.05, 3.63) is 57.9 Å². The summed E-state index contributed by atoms with van der Waals surface area (Å²) < 4.78 is 78.1. The van der Waals surface area contributed by atoms with Crippen molar-refractivity contribution < 1.29 is 45.5 Å². The van der Waals surface area contributed by atoms with Crippen molar-refractivity contribution in [1.29, 1.82) is 0 Å². The lowest BCUT2D eigenvalue weighted by molar-refractivity contribution is -0.190. The lowest BCUT2D eigenvalue weighted by atomic mass is 10.1. The number of H-pyrrole nitrogens is 1. The summed E-state index contributed by atoms with van der Waals surface area (Å²) in [5, 5.41) is 2.50. The van der Waals surface area contributed by atoms with E-state index in [2.05, 4.69) is 20.0 Å². The number of nitrogens with one attached hydrogen (secondary N) is 2. The van der Waals surface area contributed by atoms with E-state index in [1.54, 1.807) is 12.1 Å². The van der Waals surface area contributed by atoms with Gasteiger partial charge in [-0.15, -0.1) is 11.3 Å². The molecule has 0 aliphatic heterocycles. The van der Waals surface area contributed by atoms with Crippen LogP contribution in [0.4, 0.5) is 26.3 Å². The second-order valence-electron chi connectivity index (χ2n) is 6.35. The van der Waals surface area contributed by atoms with Gasteiger partial charge in [0.2, 0.25) is 0 Å². The predicted octanol–water partition coefficient (Wildman–Crippen LogP) is 4.28. The van der Waals surface area contributed by atoms with Crippen molar-refractivity contribution in [3.8, 4) is 17.3 Å². The van der Waals surface area contributed by atoms with Crippen LogP contribution < -0.4 is 10.1 Å². The van der Waals surface area contributed by atoms with Crippen molar-refractivity contribution in [2.45, 2.75) is 18.9 Å². The van der Waals surface area contributed by atoms with Crippen LogP contribution in [0.5, 0.6) is 6.01 Å². The number of ether oxygens (including phenoxy) is 1. The van der Waals surface area contributed by atoms with Crippen LogP contribution in [0.2, 0.25) is 0 Å². The van der Waals surface area contributed by atoms with Crippen LogP contribution in [0.1, 0.15) is 24.9 Å². The molecular weight excluding hydrogens is 480 g/mol. The molecular formula is C19H11F6N3O4S. The Labute approximate surface area is 184 Å². The molecule has 1 amide bonds. The highest BCUT2D eigenvalue weighted by Gasteiger charge is 2.42. The van der Waals surface area contributed by atoms with Gasteiger partial charge in [0, 0.05) is 18.3 Å². The third-order valence-electron chi connectivity index (χ3n) is 3.99. The summed E-state index contributed by atoms with van der Waals surface area (Å²) in [6.07, 6.45) is -8.97. The number of carbonyl (C=O) groups excluding carboxylic acids is 3. The first-order valence-electron chi connectivity index (χ1n) is 8.78. The maximum absolute atomic E-state index is 12.5. The highest BCUT2D eigenvalue weighted by Crippen LogP contribution is 2.27. The van der Waals surface area contributed by atoms with Crippen molar-refractivity contribution in [2.24, 2.45) is 0 Å². The number of thiophene rings is 1. The Hall–Kier alpha value is -3.68. The highest BCUT2D eigenvalue weighted by atomic mass is 32.1. The number of amides is 1. The smallest absolute Gasteiger partial charge is 0.385 e. The maximum Gasteiger partial charge on any atom is 0.491 e. The summed E-state index contributed by atoms with van der Waals surface area (Å²) in [5.74, 6) is -5.12. The summed E-state index contributed by atoms with van der Waals surface area (Å²) in [6.45, 7) is 0.00851. The number of nitrogens with zero attached hydrogens (tertiary/aromatic N) is 1. The summed E-state index contributed by atoms with van der Waals surface area (Å²) in [4.78, 5) is 39.5. The molecule has 0 saturated heterocycles. The van der Waals surface area contributed by atoms with Crippen LogP contribution in [0.15, 0.2) is 42.6 Å². The van der Waals surface area contributed by atoms with E-state index >= 15 is 0 Å². The van der Waals surface area contributed by atoms with E-state index < -0.39 is 40.9 Å². The molecule has 33 heavy (non-hydrogen) atoms. The summed E-state index contributed by atoms with van der Waals surface area (Å²) in [5.41, 5.74) is 1.25. The Kier molecular flexibility index (Phi) is 6.58. The fourth-order valence-electron chi connectivity index (χ4n) is 2.43. The molecule has 2 aromatic heterocycles. The average Bonchev–Trinajstić information content (AvgIpc) is 3.40. The first kappa shape index (κ1) is 24.0. The van der Waals surface area contributed by atoms with Gasteiger partial charge in [-0.25, -0.2) is 4.79 Å². The highest BCUT2D eigenvalue weighted by molar-refractivity contribution is 7.16. The van der Waals surface area contributed by atoms with E-state index in [-0.39, 0.29) is 17.1 Å². The molecule has 0 unspecified atom stereocenters. The fourth-order valence-corrected chi connectivity index (χ4v) is 3.32. The molecule has 3 aromatic rings. The maximum atomic E-state index is 12.5. The number of hydrogen-bond acceptors (Lipinski definition) is 6. The van der Waals surface area contributed by atoms with Gasteiger partial charge in [0.1, 0.15) is 0 Å². The second kappa shape index (κ2) is 9.05. The Bertz CT molecular complexity index is 1180. The molecule has 2 heterocycles. The number of hydrogen-bond donors (Lipinski definition) is 2. The molecule has 0 spiro atoms. The molecule has 0 fully saturated rings. The summed E-state index contributed by atoms with van der Waals surface area (Å²) in [7, 11) is 0. The third-order valence-corrected chi connectivity index (χ3v) is 5.07. The molecule has 0 saturated carbocycles. The van der Waals surface area contributed by atoms with Crippen molar-refractivity contribution in [2.75, 3.05) is 0 Å². The molecule has 0 aliphatic carbocycles. The average molecular weight is 491 g/mol. The van der Waals surface area contributed by atoms with Gasteiger partial charge in [-0.05, 0) is 17.7 Å². The third kappa shape index (κ3) is 5.97. The number of aromatic nitrogens is 2.